The van der Waals surface area contributed by atoms with E-state index < -0.39 is 12.0 Å². The molecule has 0 aromatic rings. The number of rotatable bonds is 6. The molecule has 1 amide bonds. The van der Waals surface area contributed by atoms with Crippen molar-refractivity contribution in [3.05, 3.63) is 0 Å². The Morgan fingerprint density at radius 3 is 2.00 bits per heavy atom. The minimum Gasteiger partial charge on any atom is -0.480 e. The third kappa shape index (κ3) is 6.90. The van der Waals surface area contributed by atoms with Gasteiger partial charge in [-0.2, -0.15) is 0 Å². The molecular formula is C10H20N2O3. The molecule has 0 aromatic heterocycles. The van der Waals surface area contributed by atoms with Gasteiger partial charge in [-0.1, -0.05) is 13.8 Å². The Morgan fingerprint density at radius 2 is 1.67 bits per heavy atom. The maximum Gasteiger partial charge on any atom is 0.321 e. The minimum absolute atomic E-state index is 0.0333. The van der Waals surface area contributed by atoms with Gasteiger partial charge in [-0.05, 0) is 13.8 Å². The molecule has 0 bridgehead atoms. The number of nitrogens with one attached hydrogen (secondary N) is 2. The van der Waals surface area contributed by atoms with E-state index in [0.717, 1.165) is 0 Å². The molecule has 3 N–H and O–H groups in total. The molecule has 0 fully saturated rings. The molecule has 5 heteroatoms. The lowest BCUT2D eigenvalue weighted by molar-refractivity contribution is -0.141. The summed E-state index contributed by atoms with van der Waals surface area (Å²) in [5.41, 5.74) is 0. The van der Waals surface area contributed by atoms with Crippen LogP contribution in [0.15, 0.2) is 0 Å². The number of carbonyl (C=O) groups excluding carboxylic acids is 1. The van der Waals surface area contributed by atoms with Gasteiger partial charge >= 0.3 is 5.97 Å². The number of carboxylic acids is 1. The van der Waals surface area contributed by atoms with Crippen molar-refractivity contribution in [2.24, 2.45) is 0 Å². The first kappa shape index (κ1) is 13.9. The van der Waals surface area contributed by atoms with Crippen molar-refractivity contribution in [2.45, 2.75) is 52.2 Å². The Balaban J connectivity index is 4.16. The van der Waals surface area contributed by atoms with E-state index in [1.54, 1.807) is 0 Å². The third-order valence-corrected chi connectivity index (χ3v) is 1.67. The number of aliphatic carboxylic acids is 1. The van der Waals surface area contributed by atoms with Crippen molar-refractivity contribution in [1.82, 2.24) is 10.6 Å². The lowest BCUT2D eigenvalue weighted by Crippen LogP contribution is -2.45. The predicted molar refractivity (Wildman–Crippen MR) is 57.6 cm³/mol. The Labute approximate surface area is 90.2 Å². The molecule has 0 aliphatic heterocycles. The first-order valence-electron chi connectivity index (χ1n) is 5.11. The second-order valence-electron chi connectivity index (χ2n) is 4.14. The molecule has 0 aromatic carbocycles. The normalized spacial score (nSPS) is 12.9. The van der Waals surface area contributed by atoms with E-state index in [-0.39, 0.29) is 24.4 Å². The second-order valence-corrected chi connectivity index (χ2v) is 4.14. The van der Waals surface area contributed by atoms with Crippen molar-refractivity contribution < 1.29 is 14.7 Å². The predicted octanol–water partition coefficient (Wildman–Crippen LogP) is 0.352. The van der Waals surface area contributed by atoms with Gasteiger partial charge in [0.1, 0.15) is 6.04 Å². The molecule has 0 aliphatic carbocycles. The Kier molecular flexibility index (Phi) is 5.93. The number of carboxylic acid groups (broad SMARTS) is 1. The maximum absolute atomic E-state index is 11.3. The molecule has 5 nitrogen and oxygen atoms in total. The number of carbonyl (C=O) groups is 2. The van der Waals surface area contributed by atoms with E-state index >= 15 is 0 Å². The van der Waals surface area contributed by atoms with Crippen LogP contribution in [0.5, 0.6) is 0 Å². The van der Waals surface area contributed by atoms with Crippen LogP contribution >= 0.6 is 0 Å². The summed E-state index contributed by atoms with van der Waals surface area (Å²) in [6.45, 7) is 7.36. The molecule has 0 heterocycles. The van der Waals surface area contributed by atoms with Crippen molar-refractivity contribution >= 4 is 11.9 Å². The summed E-state index contributed by atoms with van der Waals surface area (Å²) in [7, 11) is 0. The first-order chi connectivity index (χ1) is 6.82. The molecule has 0 spiro atoms. The summed E-state index contributed by atoms with van der Waals surface area (Å²) in [6, 6.07) is -0.743. The SMILES string of the molecule is CC(C)NC(=O)CC(NC(C)C)C(=O)O. The molecule has 0 rings (SSSR count). The molecule has 0 radical (unpaired) electrons. The highest BCUT2D eigenvalue weighted by molar-refractivity contribution is 5.84. The summed E-state index contributed by atoms with van der Waals surface area (Å²) in [5.74, 6) is -1.24. The second kappa shape index (κ2) is 6.40. The Hall–Kier alpha value is -1.10. The lowest BCUT2D eigenvalue weighted by Gasteiger charge is -2.17. The summed E-state index contributed by atoms with van der Waals surface area (Å²) in [6.07, 6.45) is -0.0360. The van der Waals surface area contributed by atoms with Gasteiger partial charge in [-0.25, -0.2) is 0 Å². The van der Waals surface area contributed by atoms with E-state index in [0.29, 0.717) is 0 Å². The van der Waals surface area contributed by atoms with Gasteiger partial charge < -0.3 is 15.7 Å². The van der Waals surface area contributed by atoms with E-state index in [2.05, 4.69) is 10.6 Å². The number of hydrogen-bond acceptors (Lipinski definition) is 3. The van der Waals surface area contributed by atoms with E-state index in [1.165, 1.54) is 0 Å². The van der Waals surface area contributed by atoms with Crippen LogP contribution in [-0.2, 0) is 9.59 Å². The van der Waals surface area contributed by atoms with Gasteiger partial charge in [-0.15, -0.1) is 0 Å². The van der Waals surface area contributed by atoms with Gasteiger partial charge in [0, 0.05) is 12.1 Å². The molecule has 15 heavy (non-hydrogen) atoms. The van der Waals surface area contributed by atoms with Crippen LogP contribution in [-0.4, -0.2) is 35.1 Å². The zero-order valence-electron chi connectivity index (χ0n) is 9.70. The standard InChI is InChI=1S/C10H20N2O3/c1-6(2)11-8(10(14)15)5-9(13)12-7(3)4/h6-8,11H,5H2,1-4H3,(H,12,13)(H,14,15). The maximum atomic E-state index is 11.3. The molecule has 1 atom stereocenters. The smallest absolute Gasteiger partial charge is 0.321 e. The molecular weight excluding hydrogens is 196 g/mol. The summed E-state index contributed by atoms with van der Waals surface area (Å²) < 4.78 is 0. The van der Waals surface area contributed by atoms with Crippen LogP contribution in [0.25, 0.3) is 0 Å². The fourth-order valence-electron chi connectivity index (χ4n) is 1.19. The van der Waals surface area contributed by atoms with Gasteiger partial charge in [-0.3, -0.25) is 9.59 Å². The highest BCUT2D eigenvalue weighted by atomic mass is 16.4. The van der Waals surface area contributed by atoms with Crippen LogP contribution in [0.4, 0.5) is 0 Å². The average Bonchev–Trinajstić information content (AvgIpc) is 1.99. The van der Waals surface area contributed by atoms with Gasteiger partial charge in [0.25, 0.3) is 0 Å². The van der Waals surface area contributed by atoms with Crippen molar-refractivity contribution in [3.8, 4) is 0 Å². The zero-order valence-corrected chi connectivity index (χ0v) is 9.70. The Morgan fingerprint density at radius 1 is 1.13 bits per heavy atom. The van der Waals surface area contributed by atoms with E-state index in [4.69, 9.17) is 5.11 Å². The van der Waals surface area contributed by atoms with Crippen LogP contribution in [0.3, 0.4) is 0 Å². The summed E-state index contributed by atoms with van der Waals surface area (Å²) >= 11 is 0. The van der Waals surface area contributed by atoms with Gasteiger partial charge in [0.05, 0.1) is 6.42 Å². The molecule has 0 saturated heterocycles. The Bertz CT molecular complexity index is 227. The average molecular weight is 216 g/mol. The van der Waals surface area contributed by atoms with Crippen LogP contribution in [0.2, 0.25) is 0 Å². The fraction of sp³-hybridized carbons (Fsp3) is 0.800. The van der Waals surface area contributed by atoms with Crippen molar-refractivity contribution in [3.63, 3.8) is 0 Å². The third-order valence-electron chi connectivity index (χ3n) is 1.67. The zero-order chi connectivity index (χ0) is 12.0. The van der Waals surface area contributed by atoms with Crippen molar-refractivity contribution in [2.75, 3.05) is 0 Å². The number of hydrogen-bond donors (Lipinski definition) is 3. The highest BCUT2D eigenvalue weighted by Crippen LogP contribution is 1.96. The quantitative estimate of drug-likeness (QED) is 0.598. The van der Waals surface area contributed by atoms with E-state index in [9.17, 15) is 9.59 Å². The van der Waals surface area contributed by atoms with Crippen LogP contribution in [0.1, 0.15) is 34.1 Å². The van der Waals surface area contributed by atoms with Crippen LogP contribution in [0, 0.1) is 0 Å². The van der Waals surface area contributed by atoms with E-state index in [1.807, 2.05) is 27.7 Å². The molecule has 0 saturated carbocycles. The fourth-order valence-corrected chi connectivity index (χ4v) is 1.19. The largest absolute Gasteiger partial charge is 0.480 e. The highest BCUT2D eigenvalue weighted by Gasteiger charge is 2.21. The monoisotopic (exact) mass is 216 g/mol. The summed E-state index contributed by atoms with van der Waals surface area (Å²) in [5, 5.41) is 14.3. The molecule has 0 aliphatic rings. The van der Waals surface area contributed by atoms with Gasteiger partial charge in [0.2, 0.25) is 5.91 Å². The topological polar surface area (TPSA) is 78.4 Å². The summed E-state index contributed by atoms with van der Waals surface area (Å²) in [4.78, 5) is 22.1. The lowest BCUT2D eigenvalue weighted by atomic mass is 10.1. The van der Waals surface area contributed by atoms with Crippen LogP contribution < -0.4 is 10.6 Å². The van der Waals surface area contributed by atoms with Crippen molar-refractivity contribution in [1.29, 1.82) is 0 Å². The molecule has 88 valence electrons. The first-order valence-corrected chi connectivity index (χ1v) is 5.11. The van der Waals surface area contributed by atoms with Gasteiger partial charge in [0.15, 0.2) is 0 Å². The minimum atomic E-state index is -0.998. The number of amides is 1. The molecule has 1 unspecified atom stereocenters.